The van der Waals surface area contributed by atoms with Crippen LogP contribution >= 0.6 is 0 Å². The summed E-state index contributed by atoms with van der Waals surface area (Å²) in [5.74, 6) is -1.69. The molecule has 3 rings (SSSR count). The standard InChI is InChI=1S/C18H19F2N3O3S/c1-12(24)22-17-10-15(5-6-16(17)20)27(25,26)23-8-7-21-11-18(23)13-3-2-4-14(19)9-13/h2-6,9-10,18,21H,7-8,11H2,1H3,(H,22,24). The third-order valence-electron chi connectivity index (χ3n) is 4.28. The normalized spacial score (nSPS) is 18.3. The van der Waals surface area contributed by atoms with Crippen molar-refractivity contribution in [2.24, 2.45) is 0 Å². The molecule has 1 fully saturated rings. The first-order chi connectivity index (χ1) is 12.8. The second-order valence-corrected chi connectivity index (χ2v) is 8.10. The second-order valence-electron chi connectivity index (χ2n) is 6.21. The van der Waals surface area contributed by atoms with Crippen LogP contribution in [0.15, 0.2) is 47.4 Å². The first-order valence-corrected chi connectivity index (χ1v) is 9.78. The van der Waals surface area contributed by atoms with Gasteiger partial charge in [0.25, 0.3) is 0 Å². The van der Waals surface area contributed by atoms with Crippen LogP contribution in [0.5, 0.6) is 0 Å². The first-order valence-electron chi connectivity index (χ1n) is 8.34. The molecule has 0 spiro atoms. The van der Waals surface area contributed by atoms with Crippen molar-refractivity contribution >= 4 is 21.6 Å². The highest BCUT2D eigenvalue weighted by molar-refractivity contribution is 7.89. The molecule has 27 heavy (non-hydrogen) atoms. The fourth-order valence-electron chi connectivity index (χ4n) is 3.06. The molecule has 0 bridgehead atoms. The number of hydrogen-bond acceptors (Lipinski definition) is 4. The van der Waals surface area contributed by atoms with Crippen molar-refractivity contribution in [2.45, 2.75) is 17.9 Å². The molecule has 0 saturated carbocycles. The van der Waals surface area contributed by atoms with Crippen LogP contribution in [0.1, 0.15) is 18.5 Å². The Morgan fingerprint density at radius 2 is 2.00 bits per heavy atom. The Bertz CT molecular complexity index is 966. The molecule has 1 unspecified atom stereocenters. The smallest absolute Gasteiger partial charge is 0.243 e. The van der Waals surface area contributed by atoms with Crippen LogP contribution in [0, 0.1) is 11.6 Å². The van der Waals surface area contributed by atoms with Gasteiger partial charge in [0.05, 0.1) is 16.6 Å². The zero-order chi connectivity index (χ0) is 19.6. The van der Waals surface area contributed by atoms with Crippen LogP contribution in [0.4, 0.5) is 14.5 Å². The summed E-state index contributed by atoms with van der Waals surface area (Å²) in [5, 5.41) is 5.39. The number of nitrogens with zero attached hydrogens (tertiary/aromatic N) is 1. The lowest BCUT2D eigenvalue weighted by Crippen LogP contribution is -2.48. The molecular formula is C18H19F2N3O3S. The van der Waals surface area contributed by atoms with Crippen molar-refractivity contribution in [1.82, 2.24) is 9.62 Å². The van der Waals surface area contributed by atoms with Gasteiger partial charge in [-0.3, -0.25) is 4.79 Å². The van der Waals surface area contributed by atoms with E-state index in [2.05, 4.69) is 10.6 Å². The fraction of sp³-hybridized carbons (Fsp3) is 0.278. The van der Waals surface area contributed by atoms with Gasteiger partial charge in [0.2, 0.25) is 15.9 Å². The van der Waals surface area contributed by atoms with Gasteiger partial charge in [-0.2, -0.15) is 4.31 Å². The number of amides is 1. The highest BCUT2D eigenvalue weighted by Gasteiger charge is 2.35. The molecular weight excluding hydrogens is 376 g/mol. The third-order valence-corrected chi connectivity index (χ3v) is 6.19. The van der Waals surface area contributed by atoms with Crippen LogP contribution < -0.4 is 10.6 Å². The van der Waals surface area contributed by atoms with E-state index < -0.39 is 33.6 Å². The monoisotopic (exact) mass is 395 g/mol. The summed E-state index contributed by atoms with van der Waals surface area (Å²) in [6, 6.07) is 8.42. The summed E-state index contributed by atoms with van der Waals surface area (Å²) in [6.07, 6.45) is 0. The van der Waals surface area contributed by atoms with Crippen molar-refractivity contribution in [2.75, 3.05) is 25.0 Å². The Morgan fingerprint density at radius 1 is 1.22 bits per heavy atom. The molecule has 9 heteroatoms. The summed E-state index contributed by atoms with van der Waals surface area (Å²) >= 11 is 0. The van der Waals surface area contributed by atoms with Gasteiger partial charge >= 0.3 is 0 Å². The average molecular weight is 395 g/mol. The van der Waals surface area contributed by atoms with Gasteiger partial charge in [-0.15, -0.1) is 0 Å². The maximum Gasteiger partial charge on any atom is 0.243 e. The summed E-state index contributed by atoms with van der Waals surface area (Å²) < 4.78 is 55.1. The van der Waals surface area contributed by atoms with Gasteiger partial charge < -0.3 is 10.6 Å². The van der Waals surface area contributed by atoms with Crippen molar-refractivity contribution < 1.29 is 22.0 Å². The van der Waals surface area contributed by atoms with Crippen molar-refractivity contribution in [3.05, 3.63) is 59.7 Å². The minimum atomic E-state index is -3.99. The van der Waals surface area contributed by atoms with E-state index in [9.17, 15) is 22.0 Å². The number of hydrogen-bond donors (Lipinski definition) is 2. The minimum absolute atomic E-state index is 0.143. The van der Waals surface area contributed by atoms with Gasteiger partial charge in [-0.1, -0.05) is 12.1 Å². The molecule has 1 aliphatic heterocycles. The number of benzene rings is 2. The van der Waals surface area contributed by atoms with Crippen LogP contribution in [-0.4, -0.2) is 38.3 Å². The molecule has 144 valence electrons. The number of nitrogens with one attached hydrogen (secondary N) is 2. The maximum absolute atomic E-state index is 13.9. The number of carbonyl (C=O) groups excluding carboxylic acids is 1. The summed E-state index contributed by atoms with van der Waals surface area (Å²) in [7, 11) is -3.99. The van der Waals surface area contributed by atoms with E-state index in [1.165, 1.54) is 29.4 Å². The Balaban J connectivity index is 2.00. The van der Waals surface area contributed by atoms with Gasteiger partial charge in [0.15, 0.2) is 0 Å². The highest BCUT2D eigenvalue weighted by Crippen LogP contribution is 2.30. The highest BCUT2D eigenvalue weighted by atomic mass is 32.2. The van der Waals surface area contributed by atoms with E-state index in [0.717, 1.165) is 18.2 Å². The molecule has 0 aromatic heterocycles. The summed E-state index contributed by atoms with van der Waals surface area (Å²) in [4.78, 5) is 11.1. The molecule has 1 aliphatic rings. The van der Waals surface area contributed by atoms with E-state index in [0.29, 0.717) is 18.7 Å². The van der Waals surface area contributed by atoms with Gasteiger partial charge in [-0.25, -0.2) is 17.2 Å². The molecule has 1 heterocycles. The number of sulfonamides is 1. The predicted molar refractivity (Wildman–Crippen MR) is 96.6 cm³/mol. The zero-order valence-electron chi connectivity index (χ0n) is 14.6. The SMILES string of the molecule is CC(=O)Nc1cc(S(=O)(=O)N2CCNCC2c2cccc(F)c2)ccc1F. The van der Waals surface area contributed by atoms with Crippen LogP contribution in [0.3, 0.4) is 0 Å². The summed E-state index contributed by atoms with van der Waals surface area (Å²) in [6.45, 7) is 2.14. The van der Waals surface area contributed by atoms with Crippen molar-refractivity contribution in [3.63, 3.8) is 0 Å². The Hall–Kier alpha value is -2.36. The zero-order valence-corrected chi connectivity index (χ0v) is 15.4. The Labute approximate surface area is 156 Å². The third kappa shape index (κ3) is 4.15. The molecule has 0 aliphatic carbocycles. The average Bonchev–Trinajstić information content (AvgIpc) is 2.63. The largest absolute Gasteiger partial charge is 0.324 e. The van der Waals surface area contributed by atoms with E-state index in [1.807, 2.05) is 0 Å². The summed E-state index contributed by atoms with van der Waals surface area (Å²) in [5.41, 5.74) is 0.316. The predicted octanol–water partition coefficient (Wildman–Crippen LogP) is 2.26. The van der Waals surface area contributed by atoms with Crippen molar-refractivity contribution in [3.8, 4) is 0 Å². The van der Waals surface area contributed by atoms with Gasteiger partial charge in [0.1, 0.15) is 11.6 Å². The molecule has 0 radical (unpaired) electrons. The lowest BCUT2D eigenvalue weighted by Gasteiger charge is -2.35. The number of halogens is 2. The maximum atomic E-state index is 13.9. The number of piperazine rings is 1. The van der Waals surface area contributed by atoms with Gasteiger partial charge in [0, 0.05) is 26.6 Å². The topological polar surface area (TPSA) is 78.5 Å². The fourth-order valence-corrected chi connectivity index (χ4v) is 4.70. The Morgan fingerprint density at radius 3 is 2.70 bits per heavy atom. The first kappa shape index (κ1) is 19.4. The van der Waals surface area contributed by atoms with E-state index in [4.69, 9.17) is 0 Å². The van der Waals surface area contributed by atoms with Crippen LogP contribution in [0.2, 0.25) is 0 Å². The molecule has 2 aromatic carbocycles. The number of anilines is 1. The Kier molecular flexibility index (Phi) is 5.54. The number of rotatable bonds is 4. The van der Waals surface area contributed by atoms with E-state index >= 15 is 0 Å². The quantitative estimate of drug-likeness (QED) is 0.833. The molecule has 6 nitrogen and oxygen atoms in total. The molecule has 1 saturated heterocycles. The molecule has 2 N–H and O–H groups in total. The van der Waals surface area contributed by atoms with E-state index in [-0.39, 0.29) is 17.1 Å². The molecule has 2 aromatic rings. The van der Waals surface area contributed by atoms with Crippen LogP contribution in [-0.2, 0) is 14.8 Å². The number of carbonyl (C=O) groups is 1. The van der Waals surface area contributed by atoms with Crippen LogP contribution in [0.25, 0.3) is 0 Å². The van der Waals surface area contributed by atoms with Crippen molar-refractivity contribution in [1.29, 1.82) is 0 Å². The lowest BCUT2D eigenvalue weighted by atomic mass is 10.1. The lowest BCUT2D eigenvalue weighted by molar-refractivity contribution is -0.114. The van der Waals surface area contributed by atoms with E-state index in [1.54, 1.807) is 6.07 Å². The molecule has 1 amide bonds. The minimum Gasteiger partial charge on any atom is -0.324 e. The molecule has 1 atom stereocenters. The van der Waals surface area contributed by atoms with Gasteiger partial charge in [-0.05, 0) is 35.9 Å². The second kappa shape index (κ2) is 7.71.